The van der Waals surface area contributed by atoms with E-state index < -0.39 is 0 Å². The molecule has 0 bridgehead atoms. The molecule has 154 valence electrons. The molecular formula is C24H23BrN2O3. The van der Waals surface area contributed by atoms with Crippen molar-refractivity contribution < 1.29 is 14.3 Å². The van der Waals surface area contributed by atoms with E-state index in [1.165, 1.54) is 11.1 Å². The summed E-state index contributed by atoms with van der Waals surface area (Å²) in [5.41, 5.74) is 6.18. The van der Waals surface area contributed by atoms with Gasteiger partial charge in [0, 0.05) is 27.2 Å². The first-order chi connectivity index (χ1) is 14.5. The Balaban J connectivity index is 1.78. The molecule has 2 aromatic rings. The van der Waals surface area contributed by atoms with Gasteiger partial charge in [0.25, 0.3) is 0 Å². The van der Waals surface area contributed by atoms with Crippen LogP contribution in [0.1, 0.15) is 36.6 Å². The largest absolute Gasteiger partial charge is 0.497 e. The van der Waals surface area contributed by atoms with Crippen LogP contribution in [0.4, 0.5) is 5.69 Å². The molecule has 5 rings (SSSR count). The molecule has 5 nitrogen and oxygen atoms in total. The van der Waals surface area contributed by atoms with Crippen LogP contribution in [0.15, 0.2) is 33.7 Å². The molecule has 0 saturated heterocycles. The lowest BCUT2D eigenvalue weighted by Gasteiger charge is -2.42. The maximum Gasteiger partial charge on any atom is 0.355 e. The van der Waals surface area contributed by atoms with E-state index in [1.807, 2.05) is 19.9 Å². The van der Waals surface area contributed by atoms with Crippen molar-refractivity contribution >= 4 is 45.1 Å². The Hall–Kier alpha value is -2.60. The predicted octanol–water partition coefficient (Wildman–Crippen LogP) is 3.17. The van der Waals surface area contributed by atoms with E-state index >= 15 is 0 Å². The fourth-order valence-corrected chi connectivity index (χ4v) is 5.47. The lowest BCUT2D eigenvalue weighted by Crippen LogP contribution is -2.49. The summed E-state index contributed by atoms with van der Waals surface area (Å²) in [4.78, 5) is 20.1. The summed E-state index contributed by atoms with van der Waals surface area (Å²) in [6, 6.07) is 8.42. The fraction of sp³-hybridized carbons (Fsp3) is 0.333. The Labute approximate surface area is 183 Å². The summed E-state index contributed by atoms with van der Waals surface area (Å²) in [7, 11) is 1.69. The van der Waals surface area contributed by atoms with Gasteiger partial charge in [0.2, 0.25) is 0 Å². The summed E-state index contributed by atoms with van der Waals surface area (Å²) >= 11 is 3.76. The predicted molar refractivity (Wildman–Crippen MR) is 121 cm³/mol. The zero-order chi connectivity index (χ0) is 21.0. The topological polar surface area (TPSA) is 51.1 Å². The number of nitrogens with zero attached hydrogens (tertiary/aromatic N) is 2. The summed E-state index contributed by atoms with van der Waals surface area (Å²) < 4.78 is 12.0. The lowest BCUT2D eigenvalue weighted by molar-refractivity contribution is -0.137. The normalized spacial score (nSPS) is 18.5. The molecular weight excluding hydrogens is 444 g/mol. The van der Waals surface area contributed by atoms with Crippen molar-refractivity contribution in [3.8, 4) is 5.75 Å². The summed E-state index contributed by atoms with van der Waals surface area (Å²) in [6.45, 7) is 4.95. The van der Waals surface area contributed by atoms with Crippen LogP contribution in [-0.4, -0.2) is 36.8 Å². The third-order valence-corrected chi connectivity index (χ3v) is 6.85. The van der Waals surface area contributed by atoms with Gasteiger partial charge < -0.3 is 14.4 Å². The van der Waals surface area contributed by atoms with Crippen LogP contribution in [0.5, 0.6) is 5.75 Å². The van der Waals surface area contributed by atoms with E-state index in [0.717, 1.165) is 57.0 Å². The van der Waals surface area contributed by atoms with Crippen molar-refractivity contribution in [2.24, 2.45) is 4.99 Å². The van der Waals surface area contributed by atoms with Gasteiger partial charge in [0.1, 0.15) is 11.4 Å². The number of hydrogen-bond acceptors (Lipinski definition) is 5. The maximum absolute atomic E-state index is 13.2. The van der Waals surface area contributed by atoms with E-state index in [4.69, 9.17) is 9.47 Å². The molecule has 2 aromatic carbocycles. The molecule has 0 fully saturated rings. The van der Waals surface area contributed by atoms with Crippen molar-refractivity contribution in [3.63, 3.8) is 0 Å². The molecule has 3 heterocycles. The average molecular weight is 467 g/mol. The van der Waals surface area contributed by atoms with Crippen molar-refractivity contribution in [3.05, 3.63) is 55.9 Å². The Bertz CT molecular complexity index is 1230. The van der Waals surface area contributed by atoms with Gasteiger partial charge in [-0.2, -0.15) is 0 Å². The molecule has 3 aliphatic rings. The molecule has 0 aliphatic carbocycles. The Kier molecular flexibility index (Phi) is 4.69. The Morgan fingerprint density at radius 1 is 1.33 bits per heavy atom. The minimum atomic E-state index is -0.265. The lowest BCUT2D eigenvalue weighted by atomic mass is 9.84. The number of esters is 1. The number of methoxy groups -OCH3 is 1. The van der Waals surface area contributed by atoms with Gasteiger partial charge in [0.05, 0.1) is 25.4 Å². The van der Waals surface area contributed by atoms with Crippen LogP contribution in [0.2, 0.25) is 0 Å². The summed E-state index contributed by atoms with van der Waals surface area (Å²) in [5.74, 6) is 0.605. The average Bonchev–Trinajstić information content (AvgIpc) is 3.11. The standard InChI is InChI=1S/C24H23BrN2O3/c1-4-30-24(28)23-22-17(19(25)12-20-18(22)9-13(2)26-20)11-21-16-6-5-15(29-3)10-14(16)7-8-27(21)23/h5-6,9-10,12,21H,4,7-8,11H2,1-3H3. The number of aliphatic imine (C=N–C) groups is 1. The summed E-state index contributed by atoms with van der Waals surface area (Å²) in [5, 5.41) is 1.99. The molecule has 0 spiro atoms. The number of fused-ring (bicyclic) bond motifs is 6. The van der Waals surface area contributed by atoms with E-state index in [1.54, 1.807) is 7.11 Å². The molecule has 1 atom stereocenters. The van der Waals surface area contributed by atoms with Crippen LogP contribution in [-0.2, 0) is 22.4 Å². The van der Waals surface area contributed by atoms with Gasteiger partial charge in [-0.25, -0.2) is 4.79 Å². The Morgan fingerprint density at radius 3 is 2.93 bits per heavy atom. The van der Waals surface area contributed by atoms with Gasteiger partial charge in [-0.3, -0.25) is 4.99 Å². The first-order valence-electron chi connectivity index (χ1n) is 10.2. The van der Waals surface area contributed by atoms with Crippen LogP contribution in [0, 0.1) is 0 Å². The third kappa shape index (κ3) is 2.88. The molecule has 3 aliphatic heterocycles. The molecule has 0 radical (unpaired) electrons. The first kappa shape index (κ1) is 19.4. The molecule has 0 aromatic heterocycles. The number of carbonyl (C=O) groups is 1. The third-order valence-electron chi connectivity index (χ3n) is 6.15. The highest BCUT2D eigenvalue weighted by Crippen LogP contribution is 2.40. The van der Waals surface area contributed by atoms with E-state index in [2.05, 4.69) is 50.1 Å². The molecule has 1 unspecified atom stereocenters. The van der Waals surface area contributed by atoms with Gasteiger partial charge in [0.15, 0.2) is 0 Å². The zero-order valence-corrected chi connectivity index (χ0v) is 18.9. The summed E-state index contributed by atoms with van der Waals surface area (Å²) in [6.07, 6.45) is 3.75. The molecule has 6 heteroatoms. The second kappa shape index (κ2) is 7.27. The number of halogens is 1. The molecule has 0 N–H and O–H groups in total. The second-order valence-corrected chi connectivity index (χ2v) is 8.69. The van der Waals surface area contributed by atoms with E-state index in [9.17, 15) is 4.79 Å². The van der Waals surface area contributed by atoms with Crippen LogP contribution < -0.4 is 15.2 Å². The maximum atomic E-state index is 13.2. The number of hydrogen-bond donors (Lipinski definition) is 0. The minimum absolute atomic E-state index is 0.0873. The number of carbonyl (C=O) groups excluding carboxylic acids is 1. The van der Waals surface area contributed by atoms with Gasteiger partial charge in [-0.15, -0.1) is 0 Å². The SMILES string of the molecule is CCOC(=O)C1=c2c(c(Br)cc3c2=CC(C)=N3)CC2c3ccc(OC)cc3CCN12. The number of benzene rings is 2. The monoisotopic (exact) mass is 466 g/mol. The van der Waals surface area contributed by atoms with Crippen molar-refractivity contribution in [2.45, 2.75) is 32.7 Å². The highest BCUT2D eigenvalue weighted by atomic mass is 79.9. The van der Waals surface area contributed by atoms with Crippen molar-refractivity contribution in [1.29, 1.82) is 0 Å². The minimum Gasteiger partial charge on any atom is -0.497 e. The number of rotatable bonds is 3. The smallest absolute Gasteiger partial charge is 0.355 e. The highest BCUT2D eigenvalue weighted by molar-refractivity contribution is 9.10. The van der Waals surface area contributed by atoms with Crippen molar-refractivity contribution in [1.82, 2.24) is 4.90 Å². The van der Waals surface area contributed by atoms with Crippen LogP contribution in [0.25, 0.3) is 11.8 Å². The second-order valence-electron chi connectivity index (χ2n) is 7.84. The first-order valence-corrected chi connectivity index (χ1v) is 11.0. The van der Waals surface area contributed by atoms with Crippen molar-refractivity contribution in [2.75, 3.05) is 20.3 Å². The molecule has 0 saturated carbocycles. The van der Waals surface area contributed by atoms with Gasteiger partial charge in [-0.05, 0) is 67.7 Å². The van der Waals surface area contributed by atoms with Gasteiger partial charge in [-0.1, -0.05) is 22.0 Å². The quantitative estimate of drug-likeness (QED) is 0.651. The Morgan fingerprint density at radius 2 is 2.17 bits per heavy atom. The van der Waals surface area contributed by atoms with Crippen LogP contribution >= 0.6 is 15.9 Å². The molecule has 30 heavy (non-hydrogen) atoms. The van der Waals surface area contributed by atoms with E-state index in [0.29, 0.717) is 12.3 Å². The fourth-order valence-electron chi connectivity index (χ4n) is 4.89. The highest BCUT2D eigenvalue weighted by Gasteiger charge is 2.37. The van der Waals surface area contributed by atoms with Gasteiger partial charge >= 0.3 is 5.97 Å². The zero-order valence-electron chi connectivity index (χ0n) is 17.3. The molecule has 0 amide bonds. The van der Waals surface area contributed by atoms with Crippen LogP contribution in [0.3, 0.4) is 0 Å². The number of ether oxygens (including phenoxy) is 2. The van der Waals surface area contributed by atoms with E-state index in [-0.39, 0.29) is 12.0 Å².